The smallest absolute Gasteiger partial charge is 0.320 e. The number of esters is 2. The highest BCUT2D eigenvalue weighted by molar-refractivity contribution is 5.72. The number of carbonyl (C=O) groups excluding carboxylic acids is 5. The lowest BCUT2D eigenvalue weighted by atomic mass is 9.87. The van der Waals surface area contributed by atoms with E-state index in [1.807, 2.05) is 69.2 Å². The lowest BCUT2D eigenvalue weighted by Gasteiger charge is -2.47. The Kier molecular flexibility index (Phi) is 17.5. The summed E-state index contributed by atoms with van der Waals surface area (Å²) in [5.41, 5.74) is -3.48. The molecule has 13 heteroatoms. The van der Waals surface area contributed by atoms with E-state index in [1.165, 1.54) is 0 Å². The van der Waals surface area contributed by atoms with Gasteiger partial charge < -0.3 is 28.6 Å². The van der Waals surface area contributed by atoms with Gasteiger partial charge >= 0.3 is 11.9 Å². The summed E-state index contributed by atoms with van der Waals surface area (Å²) in [4.78, 5) is 66.4. The van der Waals surface area contributed by atoms with Crippen LogP contribution in [-0.4, -0.2) is 133 Å². The summed E-state index contributed by atoms with van der Waals surface area (Å²) in [5, 5.41) is 0. The van der Waals surface area contributed by atoms with E-state index >= 15 is 0 Å². The molecule has 0 aliphatic carbocycles. The van der Waals surface area contributed by atoms with Gasteiger partial charge in [0.25, 0.3) is 19.4 Å². The quantitative estimate of drug-likeness (QED) is 0.0708. The maximum Gasteiger partial charge on any atom is 0.320 e. The van der Waals surface area contributed by atoms with Gasteiger partial charge in [0, 0.05) is 44.8 Å². The van der Waals surface area contributed by atoms with Crippen LogP contribution in [0.25, 0.3) is 0 Å². The van der Waals surface area contributed by atoms with Gasteiger partial charge in [0.1, 0.15) is 22.4 Å². The van der Waals surface area contributed by atoms with E-state index in [4.69, 9.17) is 23.7 Å². The zero-order valence-electron chi connectivity index (χ0n) is 31.3. The van der Waals surface area contributed by atoms with Crippen LogP contribution in [-0.2, 0) is 47.7 Å². The number of rotatable bonds is 22. The highest BCUT2D eigenvalue weighted by Crippen LogP contribution is 2.31. The number of nitrogens with zero attached hydrogens (tertiary/aromatic N) is 3. The summed E-state index contributed by atoms with van der Waals surface area (Å²) in [6, 6.07) is 0. The molecule has 0 aromatic carbocycles. The summed E-state index contributed by atoms with van der Waals surface area (Å²) >= 11 is 0. The molecule has 278 valence electrons. The monoisotopic (exact) mass is 685 g/mol. The first kappa shape index (κ1) is 43.3. The zero-order chi connectivity index (χ0) is 36.7. The Labute approximate surface area is 288 Å². The molecule has 1 unspecified atom stereocenters. The molecule has 13 nitrogen and oxygen atoms in total. The van der Waals surface area contributed by atoms with Crippen molar-refractivity contribution in [1.82, 2.24) is 14.7 Å². The van der Waals surface area contributed by atoms with Crippen molar-refractivity contribution in [3.05, 3.63) is 0 Å². The summed E-state index contributed by atoms with van der Waals surface area (Å²) in [5.74, 6) is -0.721. The predicted octanol–water partition coefficient (Wildman–Crippen LogP) is 3.75. The first-order chi connectivity index (χ1) is 22.1. The molecular weight excluding hydrogens is 622 g/mol. The Bertz CT molecular complexity index is 1020. The Morgan fingerprint density at radius 2 is 1.25 bits per heavy atom. The van der Waals surface area contributed by atoms with Crippen LogP contribution in [0.5, 0.6) is 0 Å². The molecule has 0 radical (unpaired) electrons. The molecule has 1 saturated heterocycles. The molecule has 0 amide bonds. The van der Waals surface area contributed by atoms with Gasteiger partial charge in [-0.2, -0.15) is 0 Å². The normalized spacial score (nSPS) is 18.5. The third-order valence-electron chi connectivity index (χ3n) is 8.17. The molecule has 0 bridgehead atoms. The lowest BCUT2D eigenvalue weighted by molar-refractivity contribution is -0.161. The molecule has 1 atom stereocenters. The summed E-state index contributed by atoms with van der Waals surface area (Å²) in [6.45, 7) is 23.3. The third kappa shape index (κ3) is 18.1. The fourth-order valence-electron chi connectivity index (χ4n) is 5.81. The van der Waals surface area contributed by atoms with Crippen molar-refractivity contribution in [2.75, 3.05) is 59.0 Å². The van der Waals surface area contributed by atoms with Gasteiger partial charge in [-0.1, -0.05) is 6.42 Å². The van der Waals surface area contributed by atoms with Crippen LogP contribution in [0.1, 0.15) is 108 Å². The van der Waals surface area contributed by atoms with Crippen LogP contribution < -0.4 is 0 Å². The van der Waals surface area contributed by atoms with E-state index in [9.17, 15) is 24.0 Å². The Hall–Kier alpha value is -2.77. The van der Waals surface area contributed by atoms with Gasteiger partial charge in [0.15, 0.2) is 0 Å². The van der Waals surface area contributed by atoms with Crippen molar-refractivity contribution in [3.8, 4) is 0 Å². The van der Waals surface area contributed by atoms with E-state index in [-0.39, 0.29) is 25.0 Å². The van der Waals surface area contributed by atoms with Crippen LogP contribution in [0.4, 0.5) is 0 Å². The molecule has 1 heterocycles. The molecule has 1 aliphatic rings. The second-order valence-corrected chi connectivity index (χ2v) is 16.0. The van der Waals surface area contributed by atoms with Gasteiger partial charge in [-0.05, 0) is 101 Å². The van der Waals surface area contributed by atoms with Crippen LogP contribution >= 0.6 is 0 Å². The van der Waals surface area contributed by atoms with Crippen molar-refractivity contribution in [2.24, 2.45) is 0 Å². The molecular formula is C35H63N3O10. The van der Waals surface area contributed by atoms with Crippen LogP contribution in [0.2, 0.25) is 0 Å². The lowest BCUT2D eigenvalue weighted by Crippen LogP contribution is -2.62. The van der Waals surface area contributed by atoms with E-state index in [0.29, 0.717) is 91.0 Å². The van der Waals surface area contributed by atoms with Gasteiger partial charge in [-0.3, -0.25) is 33.8 Å². The van der Waals surface area contributed by atoms with Gasteiger partial charge in [0.2, 0.25) is 0 Å². The van der Waals surface area contributed by atoms with Crippen LogP contribution in [0, 0.1) is 0 Å². The fourth-order valence-corrected chi connectivity index (χ4v) is 5.81. The van der Waals surface area contributed by atoms with Crippen molar-refractivity contribution in [2.45, 2.75) is 136 Å². The maximum absolute atomic E-state index is 13.5. The molecule has 1 fully saturated rings. The van der Waals surface area contributed by atoms with Crippen molar-refractivity contribution >= 4 is 31.4 Å². The molecule has 0 spiro atoms. The van der Waals surface area contributed by atoms with E-state index in [0.717, 1.165) is 12.8 Å². The van der Waals surface area contributed by atoms with Crippen molar-refractivity contribution in [1.29, 1.82) is 0 Å². The largest absolute Gasteiger partial charge is 0.468 e. The molecule has 1 rings (SSSR count). The van der Waals surface area contributed by atoms with Gasteiger partial charge in [-0.25, -0.2) is 0 Å². The van der Waals surface area contributed by atoms with Crippen molar-refractivity contribution < 1.29 is 47.7 Å². The average Bonchev–Trinajstić information content (AvgIpc) is 3.09. The van der Waals surface area contributed by atoms with Crippen LogP contribution in [0.15, 0.2) is 0 Å². The molecule has 48 heavy (non-hydrogen) atoms. The first-order valence-electron chi connectivity index (χ1n) is 17.1. The maximum atomic E-state index is 13.5. The highest BCUT2D eigenvalue weighted by atomic mass is 16.6. The molecule has 0 aromatic rings. The molecule has 0 aromatic heterocycles. The second-order valence-electron chi connectivity index (χ2n) is 16.0. The molecule has 0 saturated carbocycles. The summed E-state index contributed by atoms with van der Waals surface area (Å²) in [7, 11) is 0. The second kappa shape index (κ2) is 19.4. The number of hydrogen-bond donors (Lipinski definition) is 0. The van der Waals surface area contributed by atoms with Crippen molar-refractivity contribution in [3.63, 3.8) is 0 Å². The average molecular weight is 686 g/mol. The number of hydrogen-bond acceptors (Lipinski definition) is 13. The van der Waals surface area contributed by atoms with E-state index < -0.39 is 27.9 Å². The number of carbonyl (C=O) groups is 5. The summed E-state index contributed by atoms with van der Waals surface area (Å²) in [6.07, 6.45) is 3.89. The highest BCUT2D eigenvalue weighted by Gasteiger charge is 2.44. The minimum atomic E-state index is -0.794. The van der Waals surface area contributed by atoms with Crippen LogP contribution in [0.3, 0.4) is 0 Å². The van der Waals surface area contributed by atoms with E-state index in [2.05, 4.69) is 14.7 Å². The standard InChI is InChI=1S/C35H63N3O10/c1-31(2,3)47-29(42)22-37-20-19-36(17-15-33(7,8)45-27-40)24-35(25-37,14-12-11-13-21-44-26-39)38(18-16-34(9,10)46-28-41)23-30(43)48-32(4,5)6/h26-28H,11-25H2,1-10H3. The SMILES string of the molecule is CC(C)(C)OC(=O)CN1CCN(CCC(C)(C)OC=O)CC(CCCCCOC=O)(N(CCC(C)(C)OC=O)CC(=O)OC(C)(C)C)C1. The number of unbranched alkanes of at least 4 members (excludes halogenated alkanes) is 2. The summed E-state index contributed by atoms with van der Waals surface area (Å²) < 4.78 is 27.2. The minimum Gasteiger partial charge on any atom is -0.468 e. The van der Waals surface area contributed by atoms with Gasteiger partial charge in [-0.15, -0.1) is 0 Å². The Balaban J connectivity index is 3.67. The Morgan fingerprint density at radius 3 is 1.81 bits per heavy atom. The van der Waals surface area contributed by atoms with Gasteiger partial charge in [0.05, 0.1) is 19.7 Å². The predicted molar refractivity (Wildman–Crippen MR) is 181 cm³/mol. The Morgan fingerprint density at radius 1 is 0.708 bits per heavy atom. The molecule has 1 aliphatic heterocycles. The zero-order valence-corrected chi connectivity index (χ0v) is 31.3. The minimum absolute atomic E-state index is 0.0173. The topological polar surface area (TPSA) is 141 Å². The fraction of sp³-hybridized carbons (Fsp3) is 0.857. The molecule has 0 N–H and O–H groups in total. The third-order valence-corrected chi connectivity index (χ3v) is 8.17. The number of ether oxygens (including phenoxy) is 5. The van der Waals surface area contributed by atoms with E-state index in [1.54, 1.807) is 0 Å². The first-order valence-corrected chi connectivity index (χ1v) is 17.1.